The molecule has 0 unspecified atom stereocenters. The number of aromatic nitrogens is 1. The highest BCUT2D eigenvalue weighted by Gasteiger charge is 2.14. The van der Waals surface area contributed by atoms with Crippen LogP contribution in [0.3, 0.4) is 0 Å². The van der Waals surface area contributed by atoms with Crippen molar-refractivity contribution in [1.82, 2.24) is 10.3 Å². The zero-order valence-corrected chi connectivity index (χ0v) is 12.5. The summed E-state index contributed by atoms with van der Waals surface area (Å²) in [5.74, 6) is 1.15. The van der Waals surface area contributed by atoms with Gasteiger partial charge in [0.15, 0.2) is 16.6 Å². The van der Waals surface area contributed by atoms with Gasteiger partial charge in [0.1, 0.15) is 5.69 Å². The summed E-state index contributed by atoms with van der Waals surface area (Å²) in [6.07, 6.45) is 0.526. The summed E-state index contributed by atoms with van der Waals surface area (Å²) in [6.45, 7) is 0.709. The van der Waals surface area contributed by atoms with Crippen molar-refractivity contribution < 1.29 is 19.4 Å². The fourth-order valence-electron chi connectivity index (χ4n) is 1.90. The average molecular weight is 321 g/mol. The number of amides is 1. The number of fused-ring (bicyclic) bond motifs is 1. The molecule has 0 atom stereocenters. The summed E-state index contributed by atoms with van der Waals surface area (Å²) in [6, 6.07) is 5.50. The summed E-state index contributed by atoms with van der Waals surface area (Å²) in [5.41, 5.74) is 1.16. The number of hydrogen-bond donors (Lipinski definition) is 3. The summed E-state index contributed by atoms with van der Waals surface area (Å²) in [7, 11) is 0. The number of thiazole rings is 1. The maximum absolute atomic E-state index is 11.8. The van der Waals surface area contributed by atoms with Crippen LogP contribution in [0.25, 0.3) is 0 Å². The zero-order valence-electron chi connectivity index (χ0n) is 11.7. The topological polar surface area (TPSA) is 92.7 Å². The summed E-state index contributed by atoms with van der Waals surface area (Å²) < 4.78 is 10.6. The number of aliphatic hydroxyl groups is 1. The van der Waals surface area contributed by atoms with E-state index in [1.807, 2.05) is 18.2 Å². The molecule has 0 fully saturated rings. The molecule has 0 spiro atoms. The van der Waals surface area contributed by atoms with Crippen molar-refractivity contribution in [3.05, 3.63) is 29.3 Å². The largest absolute Gasteiger partial charge is 0.454 e. The quantitative estimate of drug-likeness (QED) is 0.702. The second-order valence-corrected chi connectivity index (χ2v) is 5.42. The van der Waals surface area contributed by atoms with Crippen LogP contribution in [-0.4, -0.2) is 35.9 Å². The predicted molar refractivity (Wildman–Crippen MR) is 82.0 cm³/mol. The normalized spacial score (nSPS) is 12.2. The molecule has 0 radical (unpaired) electrons. The smallest absolute Gasteiger partial charge is 0.270 e. The van der Waals surface area contributed by atoms with Gasteiger partial charge in [-0.25, -0.2) is 4.98 Å². The number of carbonyl (C=O) groups excluding carboxylic acids is 1. The van der Waals surface area contributed by atoms with Gasteiger partial charge in [0.2, 0.25) is 6.79 Å². The van der Waals surface area contributed by atoms with Crippen molar-refractivity contribution in [3.63, 3.8) is 0 Å². The predicted octanol–water partition coefficient (Wildman–Crippen LogP) is 1.73. The van der Waals surface area contributed by atoms with E-state index in [0.717, 1.165) is 5.69 Å². The lowest BCUT2D eigenvalue weighted by Gasteiger charge is -2.04. The van der Waals surface area contributed by atoms with E-state index in [0.29, 0.717) is 35.3 Å². The lowest BCUT2D eigenvalue weighted by Crippen LogP contribution is -2.25. The third kappa shape index (κ3) is 3.29. The number of aliphatic hydroxyl groups excluding tert-OH is 1. The summed E-state index contributed by atoms with van der Waals surface area (Å²) in [4.78, 5) is 16.1. The molecule has 0 aliphatic carbocycles. The Hall–Kier alpha value is -2.32. The Morgan fingerprint density at radius 1 is 1.36 bits per heavy atom. The zero-order chi connectivity index (χ0) is 15.4. The Kier molecular flexibility index (Phi) is 4.40. The molecule has 1 aromatic carbocycles. The van der Waals surface area contributed by atoms with Gasteiger partial charge < -0.3 is 25.2 Å². The van der Waals surface area contributed by atoms with Crippen molar-refractivity contribution in [3.8, 4) is 11.5 Å². The molecular weight excluding hydrogens is 306 g/mol. The Morgan fingerprint density at radius 2 is 2.23 bits per heavy atom. The number of nitrogens with zero attached hydrogens (tertiary/aromatic N) is 1. The first kappa shape index (κ1) is 14.6. The average Bonchev–Trinajstić information content (AvgIpc) is 3.16. The van der Waals surface area contributed by atoms with E-state index in [-0.39, 0.29) is 19.3 Å². The van der Waals surface area contributed by atoms with E-state index < -0.39 is 0 Å². The Bertz CT molecular complexity index is 674. The van der Waals surface area contributed by atoms with E-state index in [1.165, 1.54) is 11.3 Å². The third-order valence-electron chi connectivity index (χ3n) is 2.98. The van der Waals surface area contributed by atoms with Gasteiger partial charge >= 0.3 is 0 Å². The van der Waals surface area contributed by atoms with Crippen molar-refractivity contribution in [2.24, 2.45) is 0 Å². The SMILES string of the molecule is O=C(NCCCO)c1csc(Nc2ccc3c(c2)OCO3)n1. The molecule has 1 aromatic heterocycles. The molecule has 22 heavy (non-hydrogen) atoms. The molecule has 8 heteroatoms. The maximum atomic E-state index is 11.8. The van der Waals surface area contributed by atoms with Crippen LogP contribution in [0, 0.1) is 0 Å². The highest BCUT2D eigenvalue weighted by molar-refractivity contribution is 7.14. The van der Waals surface area contributed by atoms with Crippen LogP contribution in [0.2, 0.25) is 0 Å². The standard InChI is InChI=1S/C14H15N3O4S/c18-5-1-4-15-13(19)10-7-22-14(17-10)16-9-2-3-11-12(6-9)21-8-20-11/h2-3,6-7,18H,1,4-5,8H2,(H,15,19)(H,16,17). The number of anilines is 2. The van der Waals surface area contributed by atoms with Gasteiger partial charge in [-0.3, -0.25) is 4.79 Å². The maximum Gasteiger partial charge on any atom is 0.270 e. The molecule has 3 rings (SSSR count). The molecule has 1 aliphatic rings. The van der Waals surface area contributed by atoms with Gasteiger partial charge in [0, 0.05) is 30.3 Å². The van der Waals surface area contributed by atoms with Crippen LogP contribution in [0.5, 0.6) is 11.5 Å². The molecule has 1 aliphatic heterocycles. The lowest BCUT2D eigenvalue weighted by atomic mass is 10.3. The molecule has 2 heterocycles. The number of ether oxygens (including phenoxy) is 2. The Labute approximate surface area is 130 Å². The van der Waals surface area contributed by atoms with E-state index in [9.17, 15) is 4.79 Å². The number of rotatable bonds is 6. The van der Waals surface area contributed by atoms with Gasteiger partial charge in [-0.1, -0.05) is 0 Å². The molecule has 2 aromatic rings. The minimum absolute atomic E-state index is 0.0499. The Morgan fingerprint density at radius 3 is 3.09 bits per heavy atom. The van der Waals surface area contributed by atoms with Gasteiger partial charge in [0.05, 0.1) is 0 Å². The Balaban J connectivity index is 1.63. The molecule has 0 bridgehead atoms. The first-order valence-electron chi connectivity index (χ1n) is 6.77. The number of hydrogen-bond acceptors (Lipinski definition) is 7. The molecule has 7 nitrogen and oxygen atoms in total. The van der Waals surface area contributed by atoms with Gasteiger partial charge in [-0.05, 0) is 18.6 Å². The molecule has 0 saturated carbocycles. The fourth-order valence-corrected chi connectivity index (χ4v) is 2.62. The highest BCUT2D eigenvalue weighted by atomic mass is 32.1. The van der Waals surface area contributed by atoms with Gasteiger partial charge in [0.25, 0.3) is 5.91 Å². The van der Waals surface area contributed by atoms with Crippen LogP contribution < -0.4 is 20.1 Å². The number of carbonyl (C=O) groups is 1. The van der Waals surface area contributed by atoms with Crippen LogP contribution in [0.4, 0.5) is 10.8 Å². The minimum Gasteiger partial charge on any atom is -0.454 e. The van der Waals surface area contributed by atoms with Crippen LogP contribution >= 0.6 is 11.3 Å². The monoisotopic (exact) mass is 321 g/mol. The third-order valence-corrected chi connectivity index (χ3v) is 3.74. The van der Waals surface area contributed by atoms with Crippen molar-refractivity contribution in [1.29, 1.82) is 0 Å². The van der Waals surface area contributed by atoms with Crippen molar-refractivity contribution >= 4 is 28.1 Å². The van der Waals surface area contributed by atoms with E-state index in [2.05, 4.69) is 15.6 Å². The highest BCUT2D eigenvalue weighted by Crippen LogP contribution is 2.35. The van der Waals surface area contributed by atoms with Crippen molar-refractivity contribution in [2.75, 3.05) is 25.3 Å². The molecular formula is C14H15N3O4S. The van der Waals surface area contributed by atoms with Crippen molar-refractivity contribution in [2.45, 2.75) is 6.42 Å². The molecule has 116 valence electrons. The summed E-state index contributed by atoms with van der Waals surface area (Å²) >= 11 is 1.34. The van der Waals surface area contributed by atoms with E-state index in [1.54, 1.807) is 5.38 Å². The molecule has 0 saturated heterocycles. The first-order valence-corrected chi connectivity index (χ1v) is 7.65. The van der Waals surface area contributed by atoms with E-state index >= 15 is 0 Å². The number of nitrogens with one attached hydrogen (secondary N) is 2. The second kappa shape index (κ2) is 6.63. The molecule has 1 amide bonds. The lowest BCUT2D eigenvalue weighted by molar-refractivity contribution is 0.0947. The molecule has 3 N–H and O–H groups in total. The minimum atomic E-state index is -0.247. The van der Waals surface area contributed by atoms with Crippen LogP contribution in [-0.2, 0) is 0 Å². The van der Waals surface area contributed by atoms with E-state index in [4.69, 9.17) is 14.6 Å². The summed E-state index contributed by atoms with van der Waals surface area (Å²) in [5, 5.41) is 16.8. The van der Waals surface area contributed by atoms with Gasteiger partial charge in [-0.15, -0.1) is 11.3 Å². The van der Waals surface area contributed by atoms with Gasteiger partial charge in [-0.2, -0.15) is 0 Å². The number of benzene rings is 1. The first-order chi connectivity index (χ1) is 10.8. The van der Waals surface area contributed by atoms with Crippen LogP contribution in [0.1, 0.15) is 16.9 Å². The second-order valence-electron chi connectivity index (χ2n) is 4.56. The fraction of sp³-hybridized carbons (Fsp3) is 0.286. The van der Waals surface area contributed by atoms with Crippen LogP contribution in [0.15, 0.2) is 23.6 Å².